The smallest absolute Gasteiger partial charge is 0.246 e. The van der Waals surface area contributed by atoms with E-state index in [0.29, 0.717) is 31.9 Å². The van der Waals surface area contributed by atoms with Crippen molar-refractivity contribution in [2.75, 3.05) is 33.4 Å². The SMILES string of the molecule is CCC(CC)NC(=O)C=Cc1ccc(OC)c(S(=O)(=O)N2CCOCC2)c1. The number of benzene rings is 1. The van der Waals surface area contributed by atoms with Crippen LogP contribution in [0.1, 0.15) is 32.3 Å². The van der Waals surface area contributed by atoms with Gasteiger partial charge in [-0.25, -0.2) is 8.42 Å². The number of amides is 1. The average molecular weight is 397 g/mol. The zero-order valence-corrected chi connectivity index (χ0v) is 16.9. The minimum absolute atomic E-state index is 0.0921. The first-order valence-corrected chi connectivity index (χ1v) is 10.6. The highest BCUT2D eigenvalue weighted by molar-refractivity contribution is 7.89. The Hall–Kier alpha value is -1.90. The van der Waals surface area contributed by atoms with Crippen LogP contribution in [-0.2, 0) is 19.6 Å². The van der Waals surface area contributed by atoms with Crippen molar-refractivity contribution < 1.29 is 22.7 Å². The Balaban J connectivity index is 2.24. The van der Waals surface area contributed by atoms with Gasteiger partial charge in [-0.15, -0.1) is 0 Å². The molecule has 1 aliphatic heterocycles. The number of ether oxygens (including phenoxy) is 2. The molecule has 2 rings (SSSR count). The fourth-order valence-electron chi connectivity index (χ4n) is 2.84. The van der Waals surface area contributed by atoms with Gasteiger partial charge in [0.25, 0.3) is 0 Å². The molecule has 0 saturated carbocycles. The lowest BCUT2D eigenvalue weighted by Gasteiger charge is -2.26. The van der Waals surface area contributed by atoms with Crippen LogP contribution >= 0.6 is 0 Å². The quantitative estimate of drug-likeness (QED) is 0.680. The van der Waals surface area contributed by atoms with E-state index in [4.69, 9.17) is 9.47 Å². The summed E-state index contributed by atoms with van der Waals surface area (Å²) in [6.07, 6.45) is 4.75. The largest absolute Gasteiger partial charge is 0.495 e. The highest BCUT2D eigenvalue weighted by Crippen LogP contribution is 2.28. The van der Waals surface area contributed by atoms with Gasteiger partial charge in [0.05, 0.1) is 20.3 Å². The molecule has 8 heteroatoms. The molecule has 1 aromatic carbocycles. The van der Waals surface area contributed by atoms with Crippen LogP contribution in [-0.4, -0.2) is 58.1 Å². The van der Waals surface area contributed by atoms with Crippen LogP contribution in [0.5, 0.6) is 5.75 Å². The van der Waals surface area contributed by atoms with Crippen molar-refractivity contribution in [3.63, 3.8) is 0 Å². The highest BCUT2D eigenvalue weighted by Gasteiger charge is 2.29. The van der Waals surface area contributed by atoms with E-state index < -0.39 is 10.0 Å². The Bertz CT molecular complexity index is 766. The molecule has 0 spiro atoms. The second-order valence-electron chi connectivity index (χ2n) is 6.28. The maximum atomic E-state index is 13.0. The second-order valence-corrected chi connectivity index (χ2v) is 8.19. The molecule has 27 heavy (non-hydrogen) atoms. The number of carbonyl (C=O) groups is 1. The number of morpholine rings is 1. The number of hydrogen-bond donors (Lipinski definition) is 1. The molecule has 1 amide bonds. The summed E-state index contributed by atoms with van der Waals surface area (Å²) in [5.41, 5.74) is 0.613. The molecule has 0 bridgehead atoms. The minimum atomic E-state index is -3.70. The first-order valence-electron chi connectivity index (χ1n) is 9.16. The molecular formula is C19H28N2O5S. The van der Waals surface area contributed by atoms with E-state index in [1.165, 1.54) is 23.6 Å². The second kappa shape index (κ2) is 9.87. The number of sulfonamides is 1. The van der Waals surface area contributed by atoms with Crippen molar-refractivity contribution in [3.8, 4) is 5.75 Å². The van der Waals surface area contributed by atoms with Gasteiger partial charge >= 0.3 is 0 Å². The lowest BCUT2D eigenvalue weighted by atomic mass is 10.1. The van der Waals surface area contributed by atoms with Gasteiger partial charge < -0.3 is 14.8 Å². The topological polar surface area (TPSA) is 84.9 Å². The number of hydrogen-bond acceptors (Lipinski definition) is 5. The third-order valence-corrected chi connectivity index (χ3v) is 6.45. The molecule has 0 atom stereocenters. The molecule has 1 heterocycles. The third-order valence-electron chi connectivity index (χ3n) is 4.53. The van der Waals surface area contributed by atoms with Crippen LogP contribution in [0.25, 0.3) is 6.08 Å². The van der Waals surface area contributed by atoms with Crippen molar-refractivity contribution in [2.45, 2.75) is 37.6 Å². The van der Waals surface area contributed by atoms with Crippen molar-refractivity contribution >= 4 is 22.0 Å². The van der Waals surface area contributed by atoms with E-state index in [2.05, 4.69) is 5.32 Å². The molecule has 150 valence electrons. The Morgan fingerprint density at radius 2 is 1.96 bits per heavy atom. The maximum Gasteiger partial charge on any atom is 0.246 e. The summed E-state index contributed by atoms with van der Waals surface area (Å²) in [5.74, 6) is 0.0808. The van der Waals surface area contributed by atoms with Gasteiger partial charge in [0.1, 0.15) is 10.6 Å². The summed E-state index contributed by atoms with van der Waals surface area (Å²) >= 11 is 0. The first kappa shape index (κ1) is 21.4. The standard InChI is InChI=1S/C19H28N2O5S/c1-4-16(5-2)20-19(22)9-7-15-6-8-17(25-3)18(14-15)27(23,24)21-10-12-26-13-11-21/h6-9,14,16H,4-5,10-13H2,1-3H3,(H,20,22). The van der Waals surface area contributed by atoms with Crippen LogP contribution in [0, 0.1) is 0 Å². The molecule has 1 fully saturated rings. The van der Waals surface area contributed by atoms with Crippen LogP contribution in [0.4, 0.5) is 0 Å². The van der Waals surface area contributed by atoms with Crippen molar-refractivity contribution in [2.24, 2.45) is 0 Å². The Morgan fingerprint density at radius 1 is 1.30 bits per heavy atom. The lowest BCUT2D eigenvalue weighted by Crippen LogP contribution is -2.40. The first-order chi connectivity index (χ1) is 12.9. The van der Waals surface area contributed by atoms with Crippen LogP contribution < -0.4 is 10.1 Å². The van der Waals surface area contributed by atoms with E-state index in [0.717, 1.165) is 12.8 Å². The zero-order valence-electron chi connectivity index (χ0n) is 16.1. The van der Waals surface area contributed by atoms with Crippen LogP contribution in [0.2, 0.25) is 0 Å². The van der Waals surface area contributed by atoms with Gasteiger partial charge in [0, 0.05) is 25.2 Å². The molecular weight excluding hydrogens is 368 g/mol. The number of nitrogens with one attached hydrogen (secondary N) is 1. The average Bonchev–Trinajstić information content (AvgIpc) is 2.70. The van der Waals surface area contributed by atoms with E-state index in [1.54, 1.807) is 18.2 Å². The molecule has 0 aromatic heterocycles. The van der Waals surface area contributed by atoms with Gasteiger partial charge in [-0.1, -0.05) is 19.9 Å². The van der Waals surface area contributed by atoms with Crippen molar-refractivity contribution in [3.05, 3.63) is 29.8 Å². The molecule has 1 N–H and O–H groups in total. The van der Waals surface area contributed by atoms with Crippen molar-refractivity contribution in [1.29, 1.82) is 0 Å². The Morgan fingerprint density at radius 3 is 2.56 bits per heavy atom. The van der Waals surface area contributed by atoms with Gasteiger partial charge in [0.2, 0.25) is 15.9 Å². The lowest BCUT2D eigenvalue weighted by molar-refractivity contribution is -0.117. The normalized spacial score (nSPS) is 16.0. The van der Waals surface area contributed by atoms with E-state index >= 15 is 0 Å². The molecule has 0 radical (unpaired) electrons. The molecule has 0 unspecified atom stereocenters. The summed E-state index contributed by atoms with van der Waals surface area (Å²) in [6.45, 7) is 5.40. The number of methoxy groups -OCH3 is 1. The molecule has 1 aliphatic rings. The van der Waals surface area contributed by atoms with Gasteiger partial charge in [-0.05, 0) is 36.6 Å². The van der Waals surface area contributed by atoms with Crippen LogP contribution in [0.3, 0.4) is 0 Å². The number of carbonyl (C=O) groups excluding carboxylic acids is 1. The molecule has 1 saturated heterocycles. The van der Waals surface area contributed by atoms with E-state index in [-0.39, 0.29) is 22.6 Å². The highest BCUT2D eigenvalue weighted by atomic mass is 32.2. The van der Waals surface area contributed by atoms with Crippen molar-refractivity contribution in [1.82, 2.24) is 9.62 Å². The molecule has 1 aromatic rings. The van der Waals surface area contributed by atoms with Gasteiger partial charge in [0.15, 0.2) is 0 Å². The Kier molecular flexibility index (Phi) is 7.82. The third kappa shape index (κ3) is 5.54. The monoisotopic (exact) mass is 396 g/mol. The fourth-order valence-corrected chi connectivity index (χ4v) is 4.44. The Labute approximate surface area is 161 Å². The van der Waals surface area contributed by atoms with Crippen LogP contribution in [0.15, 0.2) is 29.2 Å². The summed E-state index contributed by atoms with van der Waals surface area (Å²) < 4.78 is 37.8. The van der Waals surface area contributed by atoms with Gasteiger partial charge in [-0.3, -0.25) is 4.79 Å². The predicted molar refractivity (Wildman–Crippen MR) is 104 cm³/mol. The zero-order chi connectivity index (χ0) is 19.9. The minimum Gasteiger partial charge on any atom is -0.495 e. The predicted octanol–water partition coefficient (Wildman–Crippen LogP) is 2.03. The summed E-state index contributed by atoms with van der Waals surface area (Å²) in [7, 11) is -2.26. The van der Waals surface area contributed by atoms with Gasteiger partial charge in [-0.2, -0.15) is 4.31 Å². The van der Waals surface area contributed by atoms with E-state index in [9.17, 15) is 13.2 Å². The summed E-state index contributed by atoms with van der Waals surface area (Å²) in [5, 5.41) is 2.91. The number of rotatable bonds is 8. The summed E-state index contributed by atoms with van der Waals surface area (Å²) in [6, 6.07) is 4.99. The number of nitrogens with zero attached hydrogens (tertiary/aromatic N) is 1. The molecule has 0 aliphatic carbocycles. The molecule has 7 nitrogen and oxygen atoms in total. The fraction of sp³-hybridized carbons (Fsp3) is 0.526. The summed E-state index contributed by atoms with van der Waals surface area (Å²) in [4.78, 5) is 12.1. The van der Waals surface area contributed by atoms with E-state index in [1.807, 2.05) is 13.8 Å². The maximum absolute atomic E-state index is 13.0.